The van der Waals surface area contributed by atoms with Crippen LogP contribution in [0.5, 0.6) is 0 Å². The fraction of sp³-hybridized carbons (Fsp3) is 0.444. The summed E-state index contributed by atoms with van der Waals surface area (Å²) < 4.78 is 0. The standard InChI is InChI=1S/C18H22OS/c19-18(11-3-9-17-10-4-12-20-17)16-8-2-7-15(13-16)14-5-1-6-14/h2,4,7-8,10,12-14,18-19H,1,3,5-6,9,11H2. The van der Waals surface area contributed by atoms with Gasteiger partial charge in [-0.1, -0.05) is 36.8 Å². The molecule has 1 unspecified atom stereocenters. The Balaban J connectivity index is 1.54. The largest absolute Gasteiger partial charge is 0.388 e. The fourth-order valence-corrected chi connectivity index (χ4v) is 3.60. The molecule has 0 aliphatic heterocycles. The summed E-state index contributed by atoms with van der Waals surface area (Å²) in [6.07, 6.45) is 6.67. The molecule has 1 aromatic heterocycles. The molecule has 1 saturated carbocycles. The lowest BCUT2D eigenvalue weighted by Crippen LogP contribution is -2.09. The lowest BCUT2D eigenvalue weighted by atomic mass is 9.79. The van der Waals surface area contributed by atoms with Crippen molar-refractivity contribution in [1.29, 1.82) is 0 Å². The Kier molecular flexibility index (Phi) is 4.54. The molecular weight excluding hydrogens is 264 g/mol. The molecule has 1 aliphatic rings. The first-order valence-electron chi connectivity index (χ1n) is 7.63. The summed E-state index contributed by atoms with van der Waals surface area (Å²) >= 11 is 1.81. The smallest absolute Gasteiger partial charge is 0.0790 e. The van der Waals surface area contributed by atoms with E-state index >= 15 is 0 Å². The molecule has 1 atom stereocenters. The zero-order valence-corrected chi connectivity index (χ0v) is 12.6. The van der Waals surface area contributed by atoms with Crippen LogP contribution in [0.25, 0.3) is 0 Å². The van der Waals surface area contributed by atoms with Gasteiger partial charge in [-0.05, 0) is 60.6 Å². The number of thiophene rings is 1. The predicted molar refractivity (Wildman–Crippen MR) is 85.3 cm³/mol. The first-order chi connectivity index (χ1) is 9.83. The van der Waals surface area contributed by atoms with Crippen molar-refractivity contribution in [3.8, 4) is 0 Å². The van der Waals surface area contributed by atoms with Crippen molar-refractivity contribution in [2.24, 2.45) is 0 Å². The third kappa shape index (κ3) is 3.31. The summed E-state index contributed by atoms with van der Waals surface area (Å²) in [7, 11) is 0. The molecule has 0 bridgehead atoms. The van der Waals surface area contributed by atoms with E-state index in [0.29, 0.717) is 0 Å². The zero-order valence-electron chi connectivity index (χ0n) is 11.8. The molecule has 1 aliphatic carbocycles. The summed E-state index contributed by atoms with van der Waals surface area (Å²) in [6, 6.07) is 12.9. The number of aliphatic hydroxyl groups is 1. The van der Waals surface area contributed by atoms with Gasteiger partial charge in [-0.2, -0.15) is 0 Å². The van der Waals surface area contributed by atoms with Gasteiger partial charge in [0, 0.05) is 4.88 Å². The first kappa shape index (κ1) is 13.8. The normalized spacial score (nSPS) is 16.9. The van der Waals surface area contributed by atoms with Crippen LogP contribution in [-0.2, 0) is 6.42 Å². The van der Waals surface area contributed by atoms with Crippen molar-refractivity contribution in [2.45, 2.75) is 50.5 Å². The minimum atomic E-state index is -0.310. The minimum absolute atomic E-state index is 0.310. The van der Waals surface area contributed by atoms with Crippen LogP contribution in [-0.4, -0.2) is 5.11 Å². The van der Waals surface area contributed by atoms with Crippen LogP contribution in [0.4, 0.5) is 0 Å². The van der Waals surface area contributed by atoms with Gasteiger partial charge in [-0.15, -0.1) is 11.3 Å². The highest BCUT2D eigenvalue weighted by atomic mass is 32.1. The van der Waals surface area contributed by atoms with Gasteiger partial charge in [0.25, 0.3) is 0 Å². The van der Waals surface area contributed by atoms with Crippen LogP contribution >= 0.6 is 11.3 Å². The molecule has 1 aromatic carbocycles. The third-order valence-corrected chi connectivity index (χ3v) is 5.29. The average molecular weight is 286 g/mol. The maximum absolute atomic E-state index is 10.3. The molecule has 1 fully saturated rings. The molecule has 1 heterocycles. The van der Waals surface area contributed by atoms with Gasteiger partial charge in [-0.25, -0.2) is 0 Å². The zero-order chi connectivity index (χ0) is 13.8. The number of benzene rings is 1. The second-order valence-electron chi connectivity index (χ2n) is 5.79. The van der Waals surface area contributed by atoms with E-state index in [0.717, 1.165) is 30.7 Å². The maximum Gasteiger partial charge on any atom is 0.0790 e. The Labute approximate surface area is 125 Å². The Morgan fingerprint density at radius 1 is 1.20 bits per heavy atom. The Bertz CT molecular complexity index is 528. The highest BCUT2D eigenvalue weighted by Gasteiger charge is 2.20. The van der Waals surface area contributed by atoms with E-state index in [4.69, 9.17) is 0 Å². The topological polar surface area (TPSA) is 20.2 Å². The van der Waals surface area contributed by atoms with Gasteiger partial charge in [0.1, 0.15) is 0 Å². The van der Waals surface area contributed by atoms with Gasteiger partial charge >= 0.3 is 0 Å². The van der Waals surface area contributed by atoms with Crippen molar-refractivity contribution < 1.29 is 5.11 Å². The lowest BCUT2D eigenvalue weighted by Gasteiger charge is -2.26. The highest BCUT2D eigenvalue weighted by Crippen LogP contribution is 2.37. The first-order valence-corrected chi connectivity index (χ1v) is 8.51. The van der Waals surface area contributed by atoms with E-state index in [2.05, 4.69) is 41.8 Å². The lowest BCUT2D eigenvalue weighted by molar-refractivity contribution is 0.164. The van der Waals surface area contributed by atoms with Gasteiger partial charge in [0.15, 0.2) is 0 Å². The number of aliphatic hydroxyl groups excluding tert-OH is 1. The van der Waals surface area contributed by atoms with Gasteiger partial charge in [0.05, 0.1) is 6.10 Å². The van der Waals surface area contributed by atoms with E-state index in [1.54, 1.807) is 11.3 Å². The van der Waals surface area contributed by atoms with Crippen molar-refractivity contribution in [1.82, 2.24) is 0 Å². The Hall–Kier alpha value is -1.12. The van der Waals surface area contributed by atoms with Crippen molar-refractivity contribution >= 4 is 11.3 Å². The third-order valence-electron chi connectivity index (χ3n) is 4.35. The molecule has 3 rings (SSSR count). The van der Waals surface area contributed by atoms with Crippen LogP contribution in [0, 0.1) is 0 Å². The van der Waals surface area contributed by atoms with Gasteiger partial charge < -0.3 is 5.11 Å². The van der Waals surface area contributed by atoms with Crippen LogP contribution in [0.2, 0.25) is 0 Å². The molecule has 0 spiro atoms. The molecule has 0 radical (unpaired) electrons. The molecule has 20 heavy (non-hydrogen) atoms. The molecule has 2 aromatic rings. The van der Waals surface area contributed by atoms with Crippen molar-refractivity contribution in [2.75, 3.05) is 0 Å². The molecule has 2 heteroatoms. The number of aryl methyl sites for hydroxylation is 1. The fourth-order valence-electron chi connectivity index (χ4n) is 2.85. The molecule has 0 amide bonds. The predicted octanol–water partition coefficient (Wildman–Crippen LogP) is 5.07. The van der Waals surface area contributed by atoms with E-state index in [1.165, 1.54) is 29.7 Å². The van der Waals surface area contributed by atoms with Gasteiger partial charge in [-0.3, -0.25) is 0 Å². The summed E-state index contributed by atoms with van der Waals surface area (Å²) in [6.45, 7) is 0. The van der Waals surface area contributed by atoms with Crippen molar-refractivity contribution in [3.63, 3.8) is 0 Å². The second kappa shape index (κ2) is 6.55. The quantitative estimate of drug-likeness (QED) is 0.786. The molecule has 106 valence electrons. The highest BCUT2D eigenvalue weighted by molar-refractivity contribution is 7.09. The van der Waals surface area contributed by atoms with Crippen LogP contribution < -0.4 is 0 Å². The maximum atomic E-state index is 10.3. The van der Waals surface area contributed by atoms with Crippen molar-refractivity contribution in [3.05, 3.63) is 57.8 Å². The minimum Gasteiger partial charge on any atom is -0.388 e. The number of rotatable bonds is 6. The number of hydrogen-bond donors (Lipinski definition) is 1. The Morgan fingerprint density at radius 2 is 2.10 bits per heavy atom. The SMILES string of the molecule is OC(CCCc1cccs1)c1cccc(C2CCC2)c1. The summed E-state index contributed by atoms with van der Waals surface area (Å²) in [5.74, 6) is 0.744. The summed E-state index contributed by atoms with van der Waals surface area (Å²) in [4.78, 5) is 1.42. The van der Waals surface area contributed by atoms with E-state index in [9.17, 15) is 5.11 Å². The van der Waals surface area contributed by atoms with Crippen LogP contribution in [0.3, 0.4) is 0 Å². The van der Waals surface area contributed by atoms with Crippen LogP contribution in [0.15, 0.2) is 41.8 Å². The van der Waals surface area contributed by atoms with E-state index in [1.807, 2.05) is 0 Å². The van der Waals surface area contributed by atoms with E-state index < -0.39 is 0 Å². The average Bonchev–Trinajstić information content (AvgIpc) is 2.90. The monoisotopic (exact) mass is 286 g/mol. The number of hydrogen-bond acceptors (Lipinski definition) is 2. The Morgan fingerprint density at radius 3 is 2.80 bits per heavy atom. The van der Waals surface area contributed by atoms with E-state index in [-0.39, 0.29) is 6.10 Å². The summed E-state index contributed by atoms with van der Waals surface area (Å²) in [5.41, 5.74) is 2.52. The summed E-state index contributed by atoms with van der Waals surface area (Å²) in [5, 5.41) is 12.5. The second-order valence-corrected chi connectivity index (χ2v) is 6.82. The van der Waals surface area contributed by atoms with Gasteiger partial charge in [0.2, 0.25) is 0 Å². The van der Waals surface area contributed by atoms with Crippen LogP contribution in [0.1, 0.15) is 60.1 Å². The molecule has 1 nitrogen and oxygen atoms in total. The molecular formula is C18H22OS. The molecule has 1 N–H and O–H groups in total. The molecule has 0 saturated heterocycles.